The third kappa shape index (κ3) is 4.37. The molecule has 6 nitrogen and oxygen atoms in total. The number of nitrogens with zero attached hydrogens (tertiary/aromatic N) is 2. The maximum absolute atomic E-state index is 12.0. The number of nitrogen functional groups attached to an aromatic ring is 1. The van der Waals surface area contributed by atoms with Crippen molar-refractivity contribution in [3.8, 4) is 5.75 Å². The van der Waals surface area contributed by atoms with E-state index in [4.69, 9.17) is 10.5 Å². The average Bonchev–Trinajstić information content (AvgIpc) is 2.49. The third-order valence-corrected chi connectivity index (χ3v) is 3.54. The molecule has 0 aromatic heterocycles. The molecule has 1 heterocycles. The quantitative estimate of drug-likeness (QED) is 0.830. The van der Waals surface area contributed by atoms with Crippen LogP contribution in [0.15, 0.2) is 24.3 Å². The molecule has 2 N–H and O–H groups in total. The van der Waals surface area contributed by atoms with Gasteiger partial charge < -0.3 is 20.3 Å². The molecule has 0 saturated carbocycles. The highest BCUT2D eigenvalue weighted by atomic mass is 16.5. The van der Waals surface area contributed by atoms with Gasteiger partial charge in [-0.25, -0.2) is 0 Å². The van der Waals surface area contributed by atoms with E-state index in [1.807, 2.05) is 0 Å². The fourth-order valence-electron chi connectivity index (χ4n) is 2.25. The van der Waals surface area contributed by atoms with Crippen molar-refractivity contribution in [2.24, 2.45) is 0 Å². The van der Waals surface area contributed by atoms with Crippen LogP contribution in [-0.2, 0) is 9.59 Å². The van der Waals surface area contributed by atoms with Gasteiger partial charge in [-0.1, -0.05) is 0 Å². The Morgan fingerprint density at radius 2 is 1.67 bits per heavy atom. The standard InChI is InChI=1S/C15H21N3O3/c1-12(19)17-7-9-18(10-8-17)15(20)6-11-21-14-4-2-13(16)3-5-14/h2-5H,6-11,16H2,1H3. The Kier molecular flexibility index (Phi) is 5.03. The van der Waals surface area contributed by atoms with Gasteiger partial charge in [-0.05, 0) is 24.3 Å². The predicted molar refractivity (Wildman–Crippen MR) is 79.8 cm³/mol. The number of nitrogens with two attached hydrogens (primary N) is 1. The van der Waals surface area contributed by atoms with Gasteiger partial charge in [0.2, 0.25) is 11.8 Å². The van der Waals surface area contributed by atoms with Crippen molar-refractivity contribution in [3.63, 3.8) is 0 Å². The van der Waals surface area contributed by atoms with Crippen LogP contribution in [0.2, 0.25) is 0 Å². The zero-order chi connectivity index (χ0) is 15.2. The van der Waals surface area contributed by atoms with Gasteiger partial charge in [-0.15, -0.1) is 0 Å². The first-order valence-electron chi connectivity index (χ1n) is 7.08. The van der Waals surface area contributed by atoms with E-state index in [2.05, 4.69) is 0 Å². The van der Waals surface area contributed by atoms with Crippen LogP contribution in [0, 0.1) is 0 Å². The summed E-state index contributed by atoms with van der Waals surface area (Å²) in [5, 5.41) is 0. The van der Waals surface area contributed by atoms with E-state index >= 15 is 0 Å². The first kappa shape index (κ1) is 15.2. The SMILES string of the molecule is CC(=O)N1CCN(C(=O)CCOc2ccc(N)cc2)CC1. The number of rotatable bonds is 4. The predicted octanol–water partition coefficient (Wildman–Crippen LogP) is 0.728. The molecule has 6 heteroatoms. The molecule has 1 fully saturated rings. The van der Waals surface area contributed by atoms with E-state index in [1.54, 1.807) is 41.0 Å². The van der Waals surface area contributed by atoms with Crippen LogP contribution >= 0.6 is 0 Å². The lowest BCUT2D eigenvalue weighted by Gasteiger charge is -2.34. The maximum Gasteiger partial charge on any atom is 0.226 e. The van der Waals surface area contributed by atoms with E-state index in [0.717, 1.165) is 0 Å². The minimum absolute atomic E-state index is 0.0636. The summed E-state index contributed by atoms with van der Waals surface area (Å²) in [4.78, 5) is 26.8. The van der Waals surface area contributed by atoms with Crippen LogP contribution in [0.1, 0.15) is 13.3 Å². The molecule has 1 aliphatic heterocycles. The number of carbonyl (C=O) groups excluding carboxylic acids is 2. The summed E-state index contributed by atoms with van der Waals surface area (Å²) in [6, 6.07) is 7.09. The number of anilines is 1. The zero-order valence-corrected chi connectivity index (χ0v) is 12.2. The Balaban J connectivity index is 1.70. The molecule has 0 atom stereocenters. The van der Waals surface area contributed by atoms with Crippen molar-refractivity contribution in [1.29, 1.82) is 0 Å². The van der Waals surface area contributed by atoms with Crippen LogP contribution < -0.4 is 10.5 Å². The number of piperazine rings is 1. The van der Waals surface area contributed by atoms with Crippen molar-refractivity contribution in [3.05, 3.63) is 24.3 Å². The van der Waals surface area contributed by atoms with Gasteiger partial charge in [0, 0.05) is 38.8 Å². The number of amides is 2. The average molecular weight is 291 g/mol. The Morgan fingerprint density at radius 3 is 2.24 bits per heavy atom. The van der Waals surface area contributed by atoms with E-state index < -0.39 is 0 Å². The lowest BCUT2D eigenvalue weighted by molar-refractivity contribution is -0.138. The highest BCUT2D eigenvalue weighted by Gasteiger charge is 2.21. The van der Waals surface area contributed by atoms with Gasteiger partial charge in [-0.2, -0.15) is 0 Å². The molecule has 0 bridgehead atoms. The summed E-state index contributed by atoms with van der Waals surface area (Å²) in [7, 11) is 0. The second-order valence-corrected chi connectivity index (χ2v) is 5.05. The Labute approximate surface area is 124 Å². The summed E-state index contributed by atoms with van der Waals surface area (Å²) in [6.07, 6.45) is 0.338. The van der Waals surface area contributed by atoms with Gasteiger partial charge in [0.05, 0.1) is 13.0 Å². The summed E-state index contributed by atoms with van der Waals surface area (Å²) in [5.41, 5.74) is 6.27. The van der Waals surface area contributed by atoms with E-state index in [1.165, 1.54) is 0 Å². The van der Waals surface area contributed by atoms with Crippen LogP contribution in [0.25, 0.3) is 0 Å². The van der Waals surface area contributed by atoms with Crippen LogP contribution in [0.3, 0.4) is 0 Å². The topological polar surface area (TPSA) is 75.9 Å². The molecule has 2 rings (SSSR count). The number of benzene rings is 1. The normalized spacial score (nSPS) is 14.9. The molecule has 1 aromatic carbocycles. The molecule has 0 radical (unpaired) electrons. The highest BCUT2D eigenvalue weighted by molar-refractivity contribution is 5.77. The lowest BCUT2D eigenvalue weighted by atomic mass is 10.2. The summed E-state index contributed by atoms with van der Waals surface area (Å²) < 4.78 is 5.51. The fourth-order valence-corrected chi connectivity index (χ4v) is 2.25. The van der Waals surface area contributed by atoms with Crippen LogP contribution in [-0.4, -0.2) is 54.4 Å². The van der Waals surface area contributed by atoms with E-state index in [-0.39, 0.29) is 11.8 Å². The molecular weight excluding hydrogens is 270 g/mol. The largest absolute Gasteiger partial charge is 0.493 e. The molecule has 0 unspecified atom stereocenters. The molecule has 0 spiro atoms. The Hall–Kier alpha value is -2.24. The monoisotopic (exact) mass is 291 g/mol. The third-order valence-electron chi connectivity index (χ3n) is 3.54. The van der Waals surface area contributed by atoms with Gasteiger partial charge in [-0.3, -0.25) is 9.59 Å². The molecule has 2 amide bonds. The molecule has 1 aliphatic rings. The number of ether oxygens (including phenoxy) is 1. The van der Waals surface area contributed by atoms with Gasteiger partial charge in [0.15, 0.2) is 0 Å². The minimum Gasteiger partial charge on any atom is -0.493 e. The second kappa shape index (κ2) is 6.97. The van der Waals surface area contributed by atoms with Crippen LogP contribution in [0.5, 0.6) is 5.75 Å². The smallest absolute Gasteiger partial charge is 0.226 e. The molecule has 21 heavy (non-hydrogen) atoms. The summed E-state index contributed by atoms with van der Waals surface area (Å²) >= 11 is 0. The first-order chi connectivity index (χ1) is 10.1. The molecular formula is C15H21N3O3. The van der Waals surface area contributed by atoms with Crippen molar-refractivity contribution < 1.29 is 14.3 Å². The van der Waals surface area contributed by atoms with Gasteiger partial charge in [0.1, 0.15) is 5.75 Å². The number of hydrogen-bond acceptors (Lipinski definition) is 4. The highest BCUT2D eigenvalue weighted by Crippen LogP contribution is 2.13. The van der Waals surface area contributed by atoms with E-state index in [9.17, 15) is 9.59 Å². The Morgan fingerprint density at radius 1 is 1.10 bits per heavy atom. The van der Waals surface area contributed by atoms with Crippen molar-refractivity contribution in [2.45, 2.75) is 13.3 Å². The van der Waals surface area contributed by atoms with Crippen LogP contribution in [0.4, 0.5) is 5.69 Å². The lowest BCUT2D eigenvalue weighted by Crippen LogP contribution is -2.50. The summed E-state index contributed by atoms with van der Waals surface area (Å²) in [6.45, 7) is 4.31. The molecule has 1 aromatic rings. The zero-order valence-electron chi connectivity index (χ0n) is 12.2. The van der Waals surface area contributed by atoms with Crippen molar-refractivity contribution >= 4 is 17.5 Å². The van der Waals surface area contributed by atoms with E-state index in [0.29, 0.717) is 50.6 Å². The van der Waals surface area contributed by atoms with Gasteiger partial charge in [0.25, 0.3) is 0 Å². The molecule has 0 aliphatic carbocycles. The fraction of sp³-hybridized carbons (Fsp3) is 0.467. The van der Waals surface area contributed by atoms with Crippen molar-refractivity contribution in [2.75, 3.05) is 38.5 Å². The molecule has 1 saturated heterocycles. The summed E-state index contributed by atoms with van der Waals surface area (Å²) in [5.74, 6) is 0.834. The first-order valence-corrected chi connectivity index (χ1v) is 7.08. The second-order valence-electron chi connectivity index (χ2n) is 5.05. The molecule has 114 valence electrons. The number of hydrogen-bond donors (Lipinski definition) is 1. The minimum atomic E-state index is 0.0636. The maximum atomic E-state index is 12.0. The number of carbonyl (C=O) groups is 2. The van der Waals surface area contributed by atoms with Gasteiger partial charge >= 0.3 is 0 Å². The van der Waals surface area contributed by atoms with Crippen molar-refractivity contribution in [1.82, 2.24) is 9.80 Å². The Bertz CT molecular complexity index is 493.